The van der Waals surface area contributed by atoms with Gasteiger partial charge < -0.3 is 20.1 Å². The van der Waals surface area contributed by atoms with E-state index in [0.29, 0.717) is 48.4 Å². The van der Waals surface area contributed by atoms with Crippen LogP contribution in [0.15, 0.2) is 36.4 Å². The van der Waals surface area contributed by atoms with Crippen molar-refractivity contribution in [1.82, 2.24) is 10.6 Å². The first-order valence-electron chi connectivity index (χ1n) is 7.77. The summed E-state index contributed by atoms with van der Waals surface area (Å²) in [6, 6.07) is 11.3. The molecule has 0 saturated carbocycles. The van der Waals surface area contributed by atoms with Gasteiger partial charge >= 0.3 is 0 Å². The molecule has 0 radical (unpaired) electrons. The number of ether oxygens (including phenoxy) is 2. The maximum absolute atomic E-state index is 11.5. The Morgan fingerprint density at radius 1 is 1.08 bits per heavy atom. The van der Waals surface area contributed by atoms with Gasteiger partial charge in [0, 0.05) is 25.7 Å². The normalized spacial score (nSPS) is 12.8. The first-order chi connectivity index (χ1) is 11.7. The Hall–Kier alpha value is -2.24. The molecule has 0 atom stereocenters. The summed E-state index contributed by atoms with van der Waals surface area (Å²) in [6.45, 7) is 2.42. The molecule has 0 bridgehead atoms. The lowest BCUT2D eigenvalue weighted by molar-refractivity contribution is 0.0963. The lowest BCUT2D eigenvalue weighted by Gasteiger charge is -2.20. The average Bonchev–Trinajstić information content (AvgIpc) is 2.62. The summed E-state index contributed by atoms with van der Waals surface area (Å²) in [6.07, 6.45) is 0. The quantitative estimate of drug-likeness (QED) is 0.874. The molecule has 0 aliphatic carbocycles. The second-order valence-electron chi connectivity index (χ2n) is 5.48. The molecule has 126 valence electrons. The van der Waals surface area contributed by atoms with Gasteiger partial charge in [0.1, 0.15) is 13.2 Å². The number of amides is 1. The van der Waals surface area contributed by atoms with E-state index in [4.69, 9.17) is 21.1 Å². The molecule has 0 aromatic heterocycles. The van der Waals surface area contributed by atoms with E-state index in [9.17, 15) is 4.79 Å². The molecule has 0 unspecified atom stereocenters. The Labute approximate surface area is 145 Å². The summed E-state index contributed by atoms with van der Waals surface area (Å²) in [5.74, 6) is 1.23. The van der Waals surface area contributed by atoms with Crippen LogP contribution in [0.3, 0.4) is 0 Å². The first-order valence-corrected chi connectivity index (χ1v) is 8.15. The average molecular weight is 347 g/mol. The fourth-order valence-electron chi connectivity index (χ4n) is 2.54. The highest BCUT2D eigenvalue weighted by molar-refractivity contribution is 6.32. The maximum Gasteiger partial charge on any atom is 0.251 e. The third kappa shape index (κ3) is 3.80. The summed E-state index contributed by atoms with van der Waals surface area (Å²) < 4.78 is 11.1. The van der Waals surface area contributed by atoms with Crippen molar-refractivity contribution in [2.45, 2.75) is 13.1 Å². The molecule has 0 spiro atoms. The minimum Gasteiger partial charge on any atom is -0.486 e. The van der Waals surface area contributed by atoms with Crippen LogP contribution in [-0.2, 0) is 13.1 Å². The molecule has 2 aromatic carbocycles. The van der Waals surface area contributed by atoms with E-state index < -0.39 is 0 Å². The fraction of sp³-hybridized carbons (Fsp3) is 0.278. The highest BCUT2D eigenvalue weighted by atomic mass is 35.5. The molecule has 5 nitrogen and oxygen atoms in total. The van der Waals surface area contributed by atoms with Crippen molar-refractivity contribution in [3.63, 3.8) is 0 Å². The second kappa shape index (κ2) is 7.55. The van der Waals surface area contributed by atoms with Crippen LogP contribution in [0.25, 0.3) is 0 Å². The van der Waals surface area contributed by atoms with Crippen molar-refractivity contribution in [3.05, 3.63) is 58.1 Å². The number of hydrogen-bond donors (Lipinski definition) is 2. The van der Waals surface area contributed by atoms with Crippen molar-refractivity contribution in [2.75, 3.05) is 20.3 Å². The van der Waals surface area contributed by atoms with Gasteiger partial charge in [-0.25, -0.2) is 0 Å². The Morgan fingerprint density at radius 2 is 1.79 bits per heavy atom. The van der Waals surface area contributed by atoms with Crippen molar-refractivity contribution in [2.24, 2.45) is 0 Å². The SMILES string of the molecule is CNC(=O)c1ccc(CNCc2cc(Cl)c3c(c2)OCCO3)cc1. The molecule has 0 saturated heterocycles. The Balaban J connectivity index is 1.58. The van der Waals surface area contributed by atoms with Gasteiger partial charge in [-0.1, -0.05) is 23.7 Å². The van der Waals surface area contributed by atoms with Crippen molar-refractivity contribution in [3.8, 4) is 11.5 Å². The predicted molar refractivity (Wildman–Crippen MR) is 92.8 cm³/mol. The second-order valence-corrected chi connectivity index (χ2v) is 5.89. The lowest BCUT2D eigenvalue weighted by atomic mass is 10.1. The number of nitrogens with one attached hydrogen (secondary N) is 2. The molecular formula is C18H19ClN2O3. The molecule has 1 heterocycles. The fourth-order valence-corrected chi connectivity index (χ4v) is 2.82. The number of rotatable bonds is 5. The minimum absolute atomic E-state index is 0.0829. The van der Waals surface area contributed by atoms with Crippen molar-refractivity contribution >= 4 is 17.5 Å². The van der Waals surface area contributed by atoms with E-state index in [-0.39, 0.29) is 5.91 Å². The van der Waals surface area contributed by atoms with E-state index >= 15 is 0 Å². The van der Waals surface area contributed by atoms with Crippen LogP contribution >= 0.6 is 11.6 Å². The van der Waals surface area contributed by atoms with Gasteiger partial charge in [-0.05, 0) is 35.4 Å². The van der Waals surface area contributed by atoms with Crippen molar-refractivity contribution < 1.29 is 14.3 Å². The van der Waals surface area contributed by atoms with Gasteiger partial charge in [0.25, 0.3) is 5.91 Å². The van der Waals surface area contributed by atoms with E-state index in [1.54, 1.807) is 7.05 Å². The number of carbonyl (C=O) groups excluding carboxylic acids is 1. The van der Waals surface area contributed by atoms with E-state index in [1.165, 1.54) is 0 Å². The summed E-state index contributed by atoms with van der Waals surface area (Å²) in [5.41, 5.74) is 2.79. The molecule has 1 amide bonds. The molecule has 2 N–H and O–H groups in total. The molecule has 24 heavy (non-hydrogen) atoms. The zero-order chi connectivity index (χ0) is 16.9. The third-order valence-electron chi connectivity index (χ3n) is 3.76. The number of carbonyl (C=O) groups is 1. The van der Waals surface area contributed by atoms with Crippen LogP contribution in [-0.4, -0.2) is 26.2 Å². The summed E-state index contributed by atoms with van der Waals surface area (Å²) >= 11 is 6.23. The molecule has 6 heteroatoms. The lowest BCUT2D eigenvalue weighted by Crippen LogP contribution is -2.18. The summed E-state index contributed by atoms with van der Waals surface area (Å²) in [7, 11) is 1.62. The molecule has 3 rings (SSSR count). The van der Waals surface area contributed by atoms with Crippen LogP contribution < -0.4 is 20.1 Å². The smallest absolute Gasteiger partial charge is 0.251 e. The monoisotopic (exact) mass is 346 g/mol. The van der Waals surface area contributed by atoms with Gasteiger partial charge in [-0.15, -0.1) is 0 Å². The van der Waals surface area contributed by atoms with Gasteiger partial charge in [0.05, 0.1) is 5.02 Å². The van der Waals surface area contributed by atoms with Gasteiger partial charge in [-0.2, -0.15) is 0 Å². The van der Waals surface area contributed by atoms with Crippen LogP contribution in [0, 0.1) is 0 Å². The van der Waals surface area contributed by atoms with Crippen LogP contribution in [0.1, 0.15) is 21.5 Å². The Morgan fingerprint density at radius 3 is 2.54 bits per heavy atom. The Kier molecular flexibility index (Phi) is 5.23. The Bertz CT molecular complexity index is 732. The minimum atomic E-state index is -0.0829. The van der Waals surface area contributed by atoms with Gasteiger partial charge in [-0.3, -0.25) is 4.79 Å². The van der Waals surface area contributed by atoms with E-state index in [2.05, 4.69) is 10.6 Å². The van der Waals surface area contributed by atoms with Crippen LogP contribution in [0.5, 0.6) is 11.5 Å². The van der Waals surface area contributed by atoms with Crippen LogP contribution in [0.4, 0.5) is 0 Å². The van der Waals surface area contributed by atoms with E-state index in [0.717, 1.165) is 11.1 Å². The standard InChI is InChI=1S/C18H19ClN2O3/c1-20-18(22)14-4-2-12(3-5-14)10-21-11-13-8-15(19)17-16(9-13)23-6-7-24-17/h2-5,8-9,21H,6-7,10-11H2,1H3,(H,20,22). The molecule has 2 aromatic rings. The highest BCUT2D eigenvalue weighted by Gasteiger charge is 2.16. The zero-order valence-corrected chi connectivity index (χ0v) is 14.2. The summed E-state index contributed by atoms with van der Waals surface area (Å²) in [4.78, 5) is 11.5. The van der Waals surface area contributed by atoms with Crippen LogP contribution in [0.2, 0.25) is 5.02 Å². The number of benzene rings is 2. The molecule has 1 aliphatic heterocycles. The van der Waals surface area contributed by atoms with E-state index in [1.807, 2.05) is 36.4 Å². The maximum atomic E-state index is 11.5. The largest absolute Gasteiger partial charge is 0.486 e. The third-order valence-corrected chi connectivity index (χ3v) is 4.04. The predicted octanol–water partition coefficient (Wildman–Crippen LogP) is 2.76. The zero-order valence-electron chi connectivity index (χ0n) is 13.4. The number of fused-ring (bicyclic) bond motifs is 1. The molecular weight excluding hydrogens is 328 g/mol. The topological polar surface area (TPSA) is 59.6 Å². The molecule has 1 aliphatic rings. The van der Waals surface area contributed by atoms with Gasteiger partial charge in [0.2, 0.25) is 0 Å². The highest BCUT2D eigenvalue weighted by Crippen LogP contribution is 2.38. The number of hydrogen-bond acceptors (Lipinski definition) is 4. The van der Waals surface area contributed by atoms with Crippen molar-refractivity contribution in [1.29, 1.82) is 0 Å². The van der Waals surface area contributed by atoms with Gasteiger partial charge in [0.15, 0.2) is 11.5 Å². The first kappa shape index (κ1) is 16.6. The summed E-state index contributed by atoms with van der Waals surface area (Å²) in [5, 5.41) is 6.53. The molecule has 0 fully saturated rings. The number of halogens is 1.